The van der Waals surface area contributed by atoms with Crippen LogP contribution in [0, 0.1) is 11.7 Å². The van der Waals surface area contributed by atoms with Crippen LogP contribution in [0.3, 0.4) is 0 Å². The van der Waals surface area contributed by atoms with Crippen LogP contribution < -0.4 is 5.32 Å². The van der Waals surface area contributed by atoms with Gasteiger partial charge in [-0.05, 0) is 43.4 Å². The second-order valence-electron chi connectivity index (χ2n) is 5.58. The molecule has 1 saturated carbocycles. The van der Waals surface area contributed by atoms with E-state index in [1.54, 1.807) is 17.0 Å². The van der Waals surface area contributed by atoms with E-state index in [9.17, 15) is 14.0 Å². The molecule has 1 aliphatic carbocycles. The van der Waals surface area contributed by atoms with Gasteiger partial charge in [-0.3, -0.25) is 9.59 Å². The van der Waals surface area contributed by atoms with Gasteiger partial charge in [0.25, 0.3) is 0 Å². The topological polar surface area (TPSA) is 49.4 Å². The molecule has 0 bridgehead atoms. The maximum atomic E-state index is 13.3. The van der Waals surface area contributed by atoms with E-state index in [1.807, 2.05) is 6.92 Å². The molecule has 0 spiro atoms. The number of benzene rings is 1. The fourth-order valence-electron chi connectivity index (χ4n) is 2.72. The summed E-state index contributed by atoms with van der Waals surface area (Å²) >= 11 is 0. The van der Waals surface area contributed by atoms with Gasteiger partial charge in [0.05, 0.1) is 6.04 Å². The van der Waals surface area contributed by atoms with E-state index in [0.29, 0.717) is 5.56 Å². The van der Waals surface area contributed by atoms with Crippen LogP contribution in [0.25, 0.3) is 0 Å². The Balaban J connectivity index is 1.83. The lowest BCUT2D eigenvalue weighted by Gasteiger charge is -2.36. The summed E-state index contributed by atoms with van der Waals surface area (Å²) in [6, 6.07) is 5.48. The molecule has 2 atom stereocenters. The molecule has 1 aromatic carbocycles. The molecule has 20 heavy (non-hydrogen) atoms. The predicted octanol–water partition coefficient (Wildman–Crippen LogP) is 1.62. The molecule has 1 aliphatic heterocycles. The van der Waals surface area contributed by atoms with Crippen LogP contribution in [0.5, 0.6) is 0 Å². The average molecular weight is 276 g/mol. The summed E-state index contributed by atoms with van der Waals surface area (Å²) in [6.45, 7) is 1.87. The molecule has 1 saturated heterocycles. The van der Waals surface area contributed by atoms with Gasteiger partial charge >= 0.3 is 0 Å². The Morgan fingerprint density at radius 3 is 2.75 bits per heavy atom. The van der Waals surface area contributed by atoms with Gasteiger partial charge < -0.3 is 10.2 Å². The number of carbonyl (C=O) groups is 2. The number of nitrogens with zero attached hydrogens (tertiary/aromatic N) is 1. The smallest absolute Gasteiger partial charge is 0.246 e. The zero-order valence-corrected chi connectivity index (χ0v) is 11.3. The van der Waals surface area contributed by atoms with Crippen molar-refractivity contribution in [1.29, 1.82) is 0 Å². The molecule has 2 unspecified atom stereocenters. The summed E-state index contributed by atoms with van der Waals surface area (Å²) in [5.41, 5.74) is 0.711. The zero-order chi connectivity index (χ0) is 14.3. The number of nitrogens with one attached hydrogen (secondary N) is 1. The van der Waals surface area contributed by atoms with E-state index in [-0.39, 0.29) is 36.1 Å². The van der Waals surface area contributed by atoms with Crippen LogP contribution in [0.1, 0.15) is 31.4 Å². The van der Waals surface area contributed by atoms with Crippen molar-refractivity contribution >= 4 is 11.8 Å². The highest BCUT2D eigenvalue weighted by molar-refractivity contribution is 5.95. The summed E-state index contributed by atoms with van der Waals surface area (Å²) < 4.78 is 13.3. The van der Waals surface area contributed by atoms with Crippen molar-refractivity contribution in [3.05, 3.63) is 35.6 Å². The van der Waals surface area contributed by atoms with Crippen molar-refractivity contribution in [3.8, 4) is 0 Å². The molecule has 0 aromatic heterocycles. The molecule has 1 N–H and O–H groups in total. The van der Waals surface area contributed by atoms with Crippen molar-refractivity contribution in [2.45, 2.75) is 31.8 Å². The quantitative estimate of drug-likeness (QED) is 0.912. The molecule has 1 heterocycles. The standard InChI is InChI=1S/C15H17FN2O2/c1-9(11-3-2-4-12(16)7-11)18-8-13(19)17-14(15(18)20)10-5-6-10/h2-4,7,9-10,14H,5-6,8H2,1H3,(H,17,19). The third-order valence-electron chi connectivity index (χ3n) is 4.07. The Morgan fingerprint density at radius 2 is 2.10 bits per heavy atom. The highest BCUT2D eigenvalue weighted by Gasteiger charge is 2.43. The number of hydrogen-bond acceptors (Lipinski definition) is 2. The number of halogens is 1. The van der Waals surface area contributed by atoms with Crippen molar-refractivity contribution < 1.29 is 14.0 Å². The van der Waals surface area contributed by atoms with Gasteiger partial charge in [0.15, 0.2) is 0 Å². The van der Waals surface area contributed by atoms with E-state index in [4.69, 9.17) is 0 Å². The minimum Gasteiger partial charge on any atom is -0.342 e. The number of piperazine rings is 1. The molecule has 0 radical (unpaired) electrons. The lowest BCUT2D eigenvalue weighted by atomic mass is 10.0. The zero-order valence-electron chi connectivity index (χ0n) is 11.3. The number of carbonyl (C=O) groups excluding carboxylic acids is 2. The molecular weight excluding hydrogens is 259 g/mol. The fraction of sp³-hybridized carbons (Fsp3) is 0.467. The monoisotopic (exact) mass is 276 g/mol. The van der Waals surface area contributed by atoms with Crippen LogP contribution in [-0.4, -0.2) is 29.3 Å². The van der Waals surface area contributed by atoms with Gasteiger partial charge in [0.1, 0.15) is 18.4 Å². The van der Waals surface area contributed by atoms with E-state index in [2.05, 4.69) is 5.32 Å². The maximum Gasteiger partial charge on any atom is 0.246 e. The molecule has 2 amide bonds. The summed E-state index contributed by atoms with van der Waals surface area (Å²) in [4.78, 5) is 25.8. The molecule has 4 nitrogen and oxygen atoms in total. The van der Waals surface area contributed by atoms with Gasteiger partial charge in [-0.15, -0.1) is 0 Å². The van der Waals surface area contributed by atoms with Gasteiger partial charge in [0, 0.05) is 0 Å². The van der Waals surface area contributed by atoms with Gasteiger partial charge in [0.2, 0.25) is 11.8 Å². The van der Waals surface area contributed by atoms with E-state index in [0.717, 1.165) is 12.8 Å². The third-order valence-corrected chi connectivity index (χ3v) is 4.07. The van der Waals surface area contributed by atoms with Gasteiger partial charge in [-0.1, -0.05) is 12.1 Å². The largest absolute Gasteiger partial charge is 0.342 e. The predicted molar refractivity (Wildman–Crippen MR) is 71.2 cm³/mol. The molecule has 5 heteroatoms. The minimum atomic E-state index is -0.396. The normalized spacial score (nSPS) is 24.5. The molecule has 2 aliphatic rings. The van der Waals surface area contributed by atoms with E-state index >= 15 is 0 Å². The summed E-state index contributed by atoms with van der Waals surface area (Å²) in [5.74, 6) is -0.246. The minimum absolute atomic E-state index is 0.0414. The van der Waals surface area contributed by atoms with Crippen molar-refractivity contribution in [3.63, 3.8) is 0 Å². The van der Waals surface area contributed by atoms with Gasteiger partial charge in [-0.2, -0.15) is 0 Å². The molecular formula is C15H17FN2O2. The molecule has 106 valence electrons. The fourth-order valence-corrected chi connectivity index (χ4v) is 2.72. The Labute approximate surface area is 117 Å². The third kappa shape index (κ3) is 2.40. The van der Waals surface area contributed by atoms with Crippen molar-refractivity contribution in [2.75, 3.05) is 6.54 Å². The first-order valence-electron chi connectivity index (χ1n) is 6.91. The summed E-state index contributed by atoms with van der Waals surface area (Å²) in [5, 5.41) is 2.77. The number of amides is 2. The average Bonchev–Trinajstić information content (AvgIpc) is 3.24. The van der Waals surface area contributed by atoms with Gasteiger partial charge in [-0.25, -0.2) is 4.39 Å². The van der Waals surface area contributed by atoms with Crippen LogP contribution in [-0.2, 0) is 9.59 Å². The van der Waals surface area contributed by atoms with Crippen LogP contribution >= 0.6 is 0 Å². The van der Waals surface area contributed by atoms with Crippen molar-refractivity contribution in [2.24, 2.45) is 5.92 Å². The highest BCUT2D eigenvalue weighted by atomic mass is 19.1. The van der Waals surface area contributed by atoms with Crippen LogP contribution in [0.15, 0.2) is 24.3 Å². The second kappa shape index (κ2) is 4.89. The maximum absolute atomic E-state index is 13.3. The number of rotatable bonds is 3. The Morgan fingerprint density at radius 1 is 1.35 bits per heavy atom. The molecule has 3 rings (SSSR count). The number of hydrogen-bond donors (Lipinski definition) is 1. The Kier molecular flexibility index (Phi) is 3.20. The van der Waals surface area contributed by atoms with E-state index < -0.39 is 6.04 Å². The summed E-state index contributed by atoms with van der Waals surface area (Å²) in [6.07, 6.45) is 1.97. The molecule has 2 fully saturated rings. The highest BCUT2D eigenvalue weighted by Crippen LogP contribution is 2.35. The van der Waals surface area contributed by atoms with Crippen molar-refractivity contribution in [1.82, 2.24) is 10.2 Å². The van der Waals surface area contributed by atoms with E-state index in [1.165, 1.54) is 12.1 Å². The lowest BCUT2D eigenvalue weighted by Crippen LogP contribution is -2.59. The summed E-state index contributed by atoms with van der Waals surface area (Å²) in [7, 11) is 0. The van der Waals surface area contributed by atoms with Crippen LogP contribution in [0.2, 0.25) is 0 Å². The second-order valence-corrected chi connectivity index (χ2v) is 5.58. The molecule has 1 aromatic rings. The first-order valence-corrected chi connectivity index (χ1v) is 6.91. The first kappa shape index (κ1) is 13.1. The van der Waals surface area contributed by atoms with Crippen LogP contribution in [0.4, 0.5) is 4.39 Å². The first-order chi connectivity index (χ1) is 9.56. The Hall–Kier alpha value is -1.91. The Bertz CT molecular complexity index is 557. The SMILES string of the molecule is CC(c1cccc(F)c1)N1CC(=O)NC(C2CC2)C1=O. The lowest BCUT2D eigenvalue weighted by molar-refractivity contribution is -0.147.